The second-order valence-corrected chi connectivity index (χ2v) is 3.54. The molecule has 18 heavy (non-hydrogen) atoms. The molecule has 90 valence electrons. The van der Waals surface area contributed by atoms with Crippen LogP contribution in [0, 0.1) is 11.3 Å². The van der Waals surface area contributed by atoms with Crippen LogP contribution in [-0.2, 0) is 6.54 Å². The minimum Gasteiger partial charge on any atom is -0.490 e. The summed E-state index contributed by atoms with van der Waals surface area (Å²) in [5.41, 5.74) is 0.306. The van der Waals surface area contributed by atoms with Gasteiger partial charge in [-0.1, -0.05) is 12.1 Å². The van der Waals surface area contributed by atoms with E-state index in [0.29, 0.717) is 17.9 Å². The highest BCUT2D eigenvalue weighted by Gasteiger charge is 2.02. The second-order valence-electron chi connectivity index (χ2n) is 3.54. The molecule has 1 heterocycles. The number of benzene rings is 1. The van der Waals surface area contributed by atoms with Crippen LogP contribution in [0.1, 0.15) is 5.56 Å². The van der Waals surface area contributed by atoms with Gasteiger partial charge in [-0.3, -0.25) is 4.79 Å². The van der Waals surface area contributed by atoms with Crippen LogP contribution >= 0.6 is 0 Å². The second kappa shape index (κ2) is 5.64. The lowest BCUT2D eigenvalue weighted by Gasteiger charge is -2.08. The van der Waals surface area contributed by atoms with E-state index in [0.717, 1.165) is 0 Å². The third kappa shape index (κ3) is 2.74. The molecule has 0 aliphatic rings. The lowest BCUT2D eigenvalue weighted by molar-refractivity contribution is 0.287. The number of rotatable bonds is 4. The number of nitriles is 1. The molecule has 0 unspecified atom stereocenters. The van der Waals surface area contributed by atoms with E-state index in [1.807, 2.05) is 6.07 Å². The first-order valence-corrected chi connectivity index (χ1v) is 5.45. The Morgan fingerprint density at radius 1 is 1.28 bits per heavy atom. The molecule has 1 aromatic heterocycles. The Labute approximate surface area is 104 Å². The van der Waals surface area contributed by atoms with Gasteiger partial charge in [-0.2, -0.15) is 10.4 Å². The summed E-state index contributed by atoms with van der Waals surface area (Å²) in [5, 5.41) is 12.8. The van der Waals surface area contributed by atoms with Gasteiger partial charge in [0.2, 0.25) is 0 Å². The smallest absolute Gasteiger partial charge is 0.266 e. The van der Waals surface area contributed by atoms with Crippen molar-refractivity contribution in [3.05, 3.63) is 58.5 Å². The number of aromatic nitrogens is 2. The Kier molecular flexibility index (Phi) is 3.72. The first-order chi connectivity index (χ1) is 8.81. The summed E-state index contributed by atoms with van der Waals surface area (Å²) >= 11 is 0. The lowest BCUT2D eigenvalue weighted by atomic mass is 10.2. The van der Waals surface area contributed by atoms with Crippen LogP contribution in [0.15, 0.2) is 47.4 Å². The third-order valence-electron chi connectivity index (χ3n) is 2.35. The van der Waals surface area contributed by atoms with Gasteiger partial charge in [-0.05, 0) is 18.2 Å². The Balaban J connectivity index is 1.99. The highest BCUT2D eigenvalue weighted by atomic mass is 16.5. The number of hydrogen-bond acceptors (Lipinski definition) is 4. The van der Waals surface area contributed by atoms with E-state index >= 15 is 0 Å². The van der Waals surface area contributed by atoms with Gasteiger partial charge in [0, 0.05) is 12.3 Å². The van der Waals surface area contributed by atoms with Gasteiger partial charge in [-0.25, -0.2) is 4.68 Å². The molecule has 0 atom stereocenters. The summed E-state index contributed by atoms with van der Waals surface area (Å²) in [7, 11) is 0. The van der Waals surface area contributed by atoms with Gasteiger partial charge >= 0.3 is 0 Å². The molecule has 0 amide bonds. The van der Waals surface area contributed by atoms with Crippen LogP contribution in [0.5, 0.6) is 5.75 Å². The lowest BCUT2D eigenvalue weighted by Crippen LogP contribution is -2.24. The molecule has 1 aromatic carbocycles. The number of ether oxygens (including phenoxy) is 1. The van der Waals surface area contributed by atoms with E-state index in [-0.39, 0.29) is 12.2 Å². The molecular weight excluding hydrogens is 230 g/mol. The maximum atomic E-state index is 11.4. The van der Waals surface area contributed by atoms with E-state index in [1.165, 1.54) is 10.7 Å². The van der Waals surface area contributed by atoms with Crippen molar-refractivity contribution in [1.82, 2.24) is 9.78 Å². The fraction of sp³-hybridized carbons (Fsp3) is 0.154. The minimum atomic E-state index is -0.172. The van der Waals surface area contributed by atoms with Crippen molar-refractivity contribution in [3.63, 3.8) is 0 Å². The zero-order valence-corrected chi connectivity index (χ0v) is 9.61. The van der Waals surface area contributed by atoms with Crippen LogP contribution in [0.2, 0.25) is 0 Å². The monoisotopic (exact) mass is 241 g/mol. The van der Waals surface area contributed by atoms with Gasteiger partial charge in [0.1, 0.15) is 18.4 Å². The van der Waals surface area contributed by atoms with Gasteiger partial charge < -0.3 is 4.74 Å². The predicted molar refractivity (Wildman–Crippen MR) is 65.1 cm³/mol. The summed E-state index contributed by atoms with van der Waals surface area (Å²) in [6.45, 7) is 0.634. The number of nitrogens with zero attached hydrogens (tertiary/aromatic N) is 3. The van der Waals surface area contributed by atoms with E-state index in [1.54, 1.807) is 36.5 Å². The van der Waals surface area contributed by atoms with E-state index in [2.05, 4.69) is 5.10 Å². The molecule has 0 saturated carbocycles. The molecule has 0 saturated heterocycles. The summed E-state index contributed by atoms with van der Waals surface area (Å²) in [6, 6.07) is 12.0. The molecule has 0 aliphatic heterocycles. The van der Waals surface area contributed by atoms with Crippen LogP contribution in [0.25, 0.3) is 0 Å². The first-order valence-electron chi connectivity index (χ1n) is 5.45. The highest BCUT2D eigenvalue weighted by molar-refractivity contribution is 5.42. The SMILES string of the molecule is N#Cc1ccccc1OCCn1ncccc1=O. The molecule has 2 aromatic rings. The quantitative estimate of drug-likeness (QED) is 0.806. The Morgan fingerprint density at radius 3 is 2.89 bits per heavy atom. The zero-order valence-electron chi connectivity index (χ0n) is 9.61. The van der Waals surface area contributed by atoms with Crippen molar-refractivity contribution in [2.45, 2.75) is 6.54 Å². The maximum absolute atomic E-state index is 11.4. The van der Waals surface area contributed by atoms with Crippen molar-refractivity contribution in [2.24, 2.45) is 0 Å². The molecule has 0 N–H and O–H groups in total. The third-order valence-corrected chi connectivity index (χ3v) is 2.35. The van der Waals surface area contributed by atoms with Crippen molar-refractivity contribution in [1.29, 1.82) is 5.26 Å². The molecule has 2 rings (SSSR count). The molecule has 5 nitrogen and oxygen atoms in total. The summed E-state index contributed by atoms with van der Waals surface area (Å²) in [4.78, 5) is 11.4. The first kappa shape index (κ1) is 11.9. The molecule has 0 bridgehead atoms. The van der Waals surface area contributed by atoms with Crippen LogP contribution < -0.4 is 10.3 Å². The zero-order chi connectivity index (χ0) is 12.8. The molecule has 0 aliphatic carbocycles. The fourth-order valence-corrected chi connectivity index (χ4v) is 1.48. The molecular formula is C13H11N3O2. The number of hydrogen-bond donors (Lipinski definition) is 0. The molecule has 0 spiro atoms. The normalized spacial score (nSPS) is 9.72. The maximum Gasteiger partial charge on any atom is 0.266 e. The minimum absolute atomic E-state index is 0.172. The summed E-state index contributed by atoms with van der Waals surface area (Å²) in [5.74, 6) is 0.518. The Bertz CT molecular complexity index is 628. The molecule has 0 radical (unpaired) electrons. The summed E-state index contributed by atoms with van der Waals surface area (Å²) < 4.78 is 6.78. The van der Waals surface area contributed by atoms with Crippen molar-refractivity contribution in [3.8, 4) is 11.8 Å². The Hall–Kier alpha value is -2.61. The average Bonchev–Trinajstić information content (AvgIpc) is 2.41. The average molecular weight is 241 g/mol. The van der Waals surface area contributed by atoms with Crippen LogP contribution in [0.3, 0.4) is 0 Å². The van der Waals surface area contributed by atoms with Crippen molar-refractivity contribution < 1.29 is 4.74 Å². The van der Waals surface area contributed by atoms with E-state index in [9.17, 15) is 4.79 Å². The Morgan fingerprint density at radius 2 is 2.11 bits per heavy atom. The van der Waals surface area contributed by atoms with Crippen molar-refractivity contribution in [2.75, 3.05) is 6.61 Å². The van der Waals surface area contributed by atoms with Gasteiger partial charge in [0.05, 0.1) is 12.1 Å². The largest absolute Gasteiger partial charge is 0.490 e. The van der Waals surface area contributed by atoms with Gasteiger partial charge in [-0.15, -0.1) is 0 Å². The van der Waals surface area contributed by atoms with E-state index in [4.69, 9.17) is 10.00 Å². The molecule has 5 heteroatoms. The standard InChI is InChI=1S/C13H11N3O2/c14-10-11-4-1-2-5-12(11)18-9-8-16-13(17)6-3-7-15-16/h1-7H,8-9H2. The summed E-state index contributed by atoms with van der Waals surface area (Å²) in [6.07, 6.45) is 1.55. The van der Waals surface area contributed by atoms with Crippen molar-refractivity contribution >= 4 is 0 Å². The molecule has 0 fully saturated rings. The predicted octanol–water partition coefficient (Wildman–Crippen LogP) is 1.19. The van der Waals surface area contributed by atoms with Crippen LogP contribution in [-0.4, -0.2) is 16.4 Å². The van der Waals surface area contributed by atoms with Gasteiger partial charge in [0.25, 0.3) is 5.56 Å². The highest BCUT2D eigenvalue weighted by Crippen LogP contribution is 2.16. The van der Waals surface area contributed by atoms with E-state index < -0.39 is 0 Å². The fourth-order valence-electron chi connectivity index (χ4n) is 1.48. The topological polar surface area (TPSA) is 67.9 Å². The van der Waals surface area contributed by atoms with Crippen LogP contribution in [0.4, 0.5) is 0 Å². The number of para-hydroxylation sites is 1. The van der Waals surface area contributed by atoms with Gasteiger partial charge in [0.15, 0.2) is 0 Å².